The first-order valence-electron chi connectivity index (χ1n) is 9.25. The SMILES string of the molecule is CC1(C)Cc2c(sc(NC(=O)[C@@H]3COc4ccccc4O3)c2C#N)C(C)(C)N1. The van der Waals surface area contributed by atoms with Crippen molar-refractivity contribution in [2.75, 3.05) is 11.9 Å². The van der Waals surface area contributed by atoms with Gasteiger partial charge in [0.2, 0.25) is 6.10 Å². The highest BCUT2D eigenvalue weighted by molar-refractivity contribution is 7.17. The smallest absolute Gasteiger partial charge is 0.269 e. The zero-order chi connectivity index (χ0) is 20.1. The number of ether oxygens (including phenoxy) is 2. The van der Waals surface area contributed by atoms with E-state index in [0.717, 1.165) is 16.9 Å². The van der Waals surface area contributed by atoms with Crippen LogP contribution in [0, 0.1) is 11.3 Å². The predicted molar refractivity (Wildman–Crippen MR) is 108 cm³/mol. The minimum absolute atomic E-state index is 0.130. The summed E-state index contributed by atoms with van der Waals surface area (Å²) in [7, 11) is 0. The summed E-state index contributed by atoms with van der Waals surface area (Å²) in [6, 6.07) is 9.57. The van der Waals surface area contributed by atoms with Crippen LogP contribution in [0.15, 0.2) is 24.3 Å². The Balaban J connectivity index is 1.61. The predicted octanol–water partition coefficient (Wildman–Crippen LogP) is 3.56. The Hall–Kier alpha value is -2.56. The normalized spacial score (nSPS) is 21.3. The number of rotatable bonds is 2. The van der Waals surface area contributed by atoms with Crippen molar-refractivity contribution in [1.29, 1.82) is 5.26 Å². The van der Waals surface area contributed by atoms with E-state index < -0.39 is 6.10 Å². The van der Waals surface area contributed by atoms with Crippen molar-refractivity contribution >= 4 is 22.2 Å². The highest BCUT2D eigenvalue weighted by Gasteiger charge is 2.41. The number of thiophene rings is 1. The molecule has 1 amide bonds. The van der Waals surface area contributed by atoms with Gasteiger partial charge in [0.15, 0.2) is 11.5 Å². The van der Waals surface area contributed by atoms with Crippen molar-refractivity contribution in [3.63, 3.8) is 0 Å². The first-order valence-corrected chi connectivity index (χ1v) is 10.1. The number of benzene rings is 1. The highest BCUT2D eigenvalue weighted by atomic mass is 32.1. The summed E-state index contributed by atoms with van der Waals surface area (Å²) in [5, 5.41) is 16.9. The average Bonchev–Trinajstić information content (AvgIpc) is 2.97. The van der Waals surface area contributed by atoms with Crippen molar-refractivity contribution in [1.82, 2.24) is 5.32 Å². The summed E-state index contributed by atoms with van der Waals surface area (Å²) in [6.45, 7) is 8.59. The third-order valence-electron chi connectivity index (χ3n) is 4.99. The fourth-order valence-corrected chi connectivity index (χ4v) is 5.31. The van der Waals surface area contributed by atoms with Crippen LogP contribution in [0.3, 0.4) is 0 Å². The Bertz CT molecular complexity index is 987. The van der Waals surface area contributed by atoms with Gasteiger partial charge in [-0.2, -0.15) is 5.26 Å². The molecule has 7 heteroatoms. The maximum Gasteiger partial charge on any atom is 0.269 e. The first kappa shape index (κ1) is 18.8. The van der Waals surface area contributed by atoms with Crippen LogP contribution < -0.4 is 20.1 Å². The van der Waals surface area contributed by atoms with E-state index in [1.807, 2.05) is 12.1 Å². The zero-order valence-electron chi connectivity index (χ0n) is 16.4. The molecule has 1 aromatic carbocycles. The van der Waals surface area contributed by atoms with E-state index in [2.05, 4.69) is 44.4 Å². The number of hydrogen-bond acceptors (Lipinski definition) is 6. The molecule has 28 heavy (non-hydrogen) atoms. The Morgan fingerprint density at radius 3 is 2.71 bits per heavy atom. The maximum absolute atomic E-state index is 12.8. The Morgan fingerprint density at radius 1 is 1.29 bits per heavy atom. The van der Waals surface area contributed by atoms with Crippen LogP contribution in [0.4, 0.5) is 5.00 Å². The summed E-state index contributed by atoms with van der Waals surface area (Å²) < 4.78 is 11.4. The number of anilines is 1. The molecular weight excluding hydrogens is 374 g/mol. The highest BCUT2D eigenvalue weighted by Crippen LogP contribution is 2.44. The van der Waals surface area contributed by atoms with E-state index in [1.54, 1.807) is 12.1 Å². The minimum Gasteiger partial charge on any atom is -0.485 e. The maximum atomic E-state index is 12.8. The van der Waals surface area contributed by atoms with Crippen LogP contribution in [-0.2, 0) is 16.8 Å². The van der Waals surface area contributed by atoms with Crippen LogP contribution in [-0.4, -0.2) is 24.2 Å². The molecule has 0 saturated heterocycles. The number of fused-ring (bicyclic) bond motifs is 2. The van der Waals surface area contributed by atoms with E-state index in [-0.39, 0.29) is 23.6 Å². The molecule has 2 aliphatic rings. The minimum atomic E-state index is -0.761. The summed E-state index contributed by atoms with van der Waals surface area (Å²) in [6.07, 6.45) is -0.0274. The van der Waals surface area contributed by atoms with E-state index >= 15 is 0 Å². The lowest BCUT2D eigenvalue weighted by Gasteiger charge is -2.42. The van der Waals surface area contributed by atoms with Crippen LogP contribution in [0.5, 0.6) is 11.5 Å². The molecule has 2 aliphatic heterocycles. The summed E-state index contributed by atoms with van der Waals surface area (Å²) >= 11 is 1.46. The Labute approximate surface area is 168 Å². The van der Waals surface area contributed by atoms with Crippen LogP contribution in [0.1, 0.15) is 43.7 Å². The number of carbonyl (C=O) groups is 1. The van der Waals surface area contributed by atoms with Gasteiger partial charge in [-0.3, -0.25) is 4.79 Å². The zero-order valence-corrected chi connectivity index (χ0v) is 17.2. The third-order valence-corrected chi connectivity index (χ3v) is 6.47. The molecule has 6 nitrogen and oxygen atoms in total. The van der Waals surface area contributed by atoms with Crippen LogP contribution in [0.25, 0.3) is 0 Å². The summed E-state index contributed by atoms with van der Waals surface area (Å²) in [5.41, 5.74) is 1.16. The Kier molecular flexibility index (Phi) is 4.36. The van der Waals surface area contributed by atoms with E-state index in [4.69, 9.17) is 9.47 Å². The number of para-hydroxylation sites is 2. The lowest BCUT2D eigenvalue weighted by atomic mass is 9.81. The van der Waals surface area contributed by atoms with Gasteiger partial charge in [-0.05, 0) is 51.8 Å². The monoisotopic (exact) mass is 397 g/mol. The van der Waals surface area contributed by atoms with Gasteiger partial charge in [0.25, 0.3) is 5.91 Å². The topological polar surface area (TPSA) is 83.4 Å². The molecule has 0 aliphatic carbocycles. The molecule has 2 aromatic rings. The van der Waals surface area contributed by atoms with Gasteiger partial charge in [-0.1, -0.05) is 12.1 Å². The molecule has 0 spiro atoms. The average molecular weight is 398 g/mol. The molecule has 4 rings (SSSR count). The van der Waals surface area contributed by atoms with Gasteiger partial charge in [0.1, 0.15) is 17.7 Å². The fraction of sp³-hybridized carbons (Fsp3) is 0.429. The van der Waals surface area contributed by atoms with Crippen LogP contribution >= 0.6 is 11.3 Å². The van der Waals surface area contributed by atoms with Crippen molar-refractivity contribution < 1.29 is 14.3 Å². The molecular formula is C21H23N3O3S. The molecule has 146 valence electrons. The van der Waals surface area contributed by atoms with Gasteiger partial charge < -0.3 is 20.1 Å². The van der Waals surface area contributed by atoms with Gasteiger partial charge >= 0.3 is 0 Å². The van der Waals surface area contributed by atoms with Crippen molar-refractivity contribution in [3.05, 3.63) is 40.3 Å². The van der Waals surface area contributed by atoms with Crippen molar-refractivity contribution in [2.24, 2.45) is 0 Å². The second-order valence-corrected chi connectivity index (χ2v) is 9.41. The molecule has 0 radical (unpaired) electrons. The lowest BCUT2D eigenvalue weighted by molar-refractivity contribution is -0.125. The Morgan fingerprint density at radius 2 is 2.00 bits per heavy atom. The molecule has 0 fully saturated rings. The second kappa shape index (κ2) is 6.50. The second-order valence-electron chi connectivity index (χ2n) is 8.39. The van der Waals surface area contributed by atoms with Gasteiger partial charge in [0.05, 0.1) is 5.56 Å². The largest absolute Gasteiger partial charge is 0.485 e. The lowest BCUT2D eigenvalue weighted by Crippen LogP contribution is -2.54. The first-order chi connectivity index (χ1) is 13.2. The fourth-order valence-electron chi connectivity index (χ4n) is 4.07. The molecule has 1 aromatic heterocycles. The molecule has 0 unspecified atom stereocenters. The molecule has 1 atom stereocenters. The van der Waals surface area contributed by atoms with Crippen molar-refractivity contribution in [2.45, 2.75) is 51.3 Å². The van der Waals surface area contributed by atoms with E-state index in [1.165, 1.54) is 11.3 Å². The van der Waals surface area contributed by atoms with E-state index in [0.29, 0.717) is 22.1 Å². The quantitative estimate of drug-likeness (QED) is 0.810. The standard InChI is InChI=1S/C21H23N3O3S/c1-20(2)9-12-13(10-22)19(28-17(12)21(3,4)24-20)23-18(25)16-11-26-14-7-5-6-8-15(14)27-16/h5-8,16,24H,9,11H2,1-4H3,(H,23,25)/t16-/m0/s1. The van der Waals surface area contributed by atoms with E-state index in [9.17, 15) is 10.1 Å². The van der Waals surface area contributed by atoms with Crippen LogP contribution in [0.2, 0.25) is 0 Å². The third kappa shape index (κ3) is 3.23. The molecule has 0 saturated carbocycles. The number of nitrogens with one attached hydrogen (secondary N) is 2. The van der Waals surface area contributed by atoms with Gasteiger partial charge in [-0.15, -0.1) is 11.3 Å². The summed E-state index contributed by atoms with van der Waals surface area (Å²) in [5.74, 6) is 0.868. The molecule has 0 bridgehead atoms. The van der Waals surface area contributed by atoms with Crippen molar-refractivity contribution in [3.8, 4) is 17.6 Å². The summed E-state index contributed by atoms with van der Waals surface area (Å²) in [4.78, 5) is 13.9. The number of nitrogens with zero attached hydrogens (tertiary/aromatic N) is 1. The molecule has 3 heterocycles. The number of hydrogen-bond donors (Lipinski definition) is 2. The van der Waals surface area contributed by atoms with Gasteiger partial charge in [0, 0.05) is 16.0 Å². The molecule has 2 N–H and O–H groups in total. The van der Waals surface area contributed by atoms with Gasteiger partial charge in [-0.25, -0.2) is 0 Å². The number of carbonyl (C=O) groups excluding carboxylic acids is 1. The number of amides is 1. The number of nitriles is 1.